The van der Waals surface area contributed by atoms with Crippen LogP contribution in [-0.4, -0.2) is 62.0 Å². The third kappa shape index (κ3) is 14.7. The van der Waals surface area contributed by atoms with E-state index >= 15 is 0 Å². The molecular formula is C45H47N3O8. The number of aliphatic imine (C=N–C) groups is 1. The number of ether oxygens (including phenoxy) is 5. The minimum atomic E-state index is -0.481. The van der Waals surface area contributed by atoms with Gasteiger partial charge in [-0.2, -0.15) is 10.2 Å². The lowest BCUT2D eigenvalue weighted by Gasteiger charge is -2.08. The Bertz CT molecular complexity index is 1980. The van der Waals surface area contributed by atoms with Gasteiger partial charge in [0.05, 0.1) is 49.1 Å². The molecule has 4 aromatic carbocycles. The molecule has 0 radical (unpaired) electrons. The Hall–Kier alpha value is -6.62. The Morgan fingerprint density at radius 1 is 0.589 bits per heavy atom. The molecule has 0 aliphatic carbocycles. The zero-order valence-electron chi connectivity index (χ0n) is 31.9. The highest BCUT2D eigenvalue weighted by atomic mass is 16.5. The van der Waals surface area contributed by atoms with Crippen LogP contribution in [0.3, 0.4) is 0 Å². The Balaban J connectivity index is 1.22. The van der Waals surface area contributed by atoms with Crippen LogP contribution in [0, 0.1) is 0 Å². The van der Waals surface area contributed by atoms with Gasteiger partial charge in [0, 0.05) is 18.4 Å². The molecule has 11 nitrogen and oxygen atoms in total. The highest BCUT2D eigenvalue weighted by Gasteiger charge is 2.10. The molecule has 290 valence electrons. The molecule has 0 aliphatic heterocycles. The van der Waals surface area contributed by atoms with Crippen LogP contribution in [0.5, 0.6) is 17.2 Å². The van der Waals surface area contributed by atoms with Crippen molar-refractivity contribution in [1.29, 1.82) is 0 Å². The topological polar surface area (TPSA) is 134 Å². The quantitative estimate of drug-likeness (QED) is 0.0194. The molecule has 0 bridgehead atoms. The van der Waals surface area contributed by atoms with Gasteiger partial charge in [0.25, 0.3) is 0 Å². The number of esters is 3. The standard InChI is InChI=1S/C45H47N3O8/c1-5-42(36-16-26-41(27-17-36)56-45(51)37-18-24-40(25-19-37)53-29-9-11-31-55-44(50)7-3)48-47-33(4)35-14-20-38(21-15-35)46-32-34-12-22-39(23-13-34)52-28-8-10-30-54-43(49)6-2/h6-7,12-27,32H,2-3,5,8-11,28-31H2,1,4H3/b46-32?,47-33+,48-42+. The van der Waals surface area contributed by atoms with Crippen molar-refractivity contribution in [2.45, 2.75) is 46.0 Å². The number of hydrogen-bond donors (Lipinski definition) is 0. The number of carbonyl (C=O) groups excluding carboxylic acids is 3. The monoisotopic (exact) mass is 757 g/mol. The highest BCUT2D eigenvalue weighted by molar-refractivity contribution is 6.03. The first kappa shape index (κ1) is 42.1. The SMILES string of the molecule is C=CC(=O)OCCCCOc1ccc(C=Nc2ccc(/C(C)=N/N=C(\CC)c3ccc(OC(=O)c4ccc(OCCCCOC(=O)C=C)cc4)cc3)cc2)cc1. The van der Waals surface area contributed by atoms with Crippen LogP contribution < -0.4 is 14.2 Å². The molecule has 4 rings (SSSR count). The van der Waals surface area contributed by atoms with Crippen molar-refractivity contribution < 1.29 is 38.1 Å². The molecule has 0 saturated heterocycles. The summed E-state index contributed by atoms with van der Waals surface area (Å²) in [6.45, 7) is 12.3. The lowest BCUT2D eigenvalue weighted by Crippen LogP contribution is -2.09. The number of rotatable bonds is 22. The van der Waals surface area contributed by atoms with Gasteiger partial charge >= 0.3 is 17.9 Å². The first-order chi connectivity index (χ1) is 27.3. The summed E-state index contributed by atoms with van der Waals surface area (Å²) >= 11 is 0. The lowest BCUT2D eigenvalue weighted by molar-refractivity contribution is -0.138. The van der Waals surface area contributed by atoms with E-state index in [0.717, 1.165) is 64.5 Å². The van der Waals surface area contributed by atoms with Gasteiger partial charge in [0.2, 0.25) is 0 Å². The summed E-state index contributed by atoms with van der Waals surface area (Å²) < 4.78 is 26.9. The molecule has 11 heteroatoms. The molecule has 0 aliphatic rings. The molecule has 0 atom stereocenters. The van der Waals surface area contributed by atoms with Crippen molar-refractivity contribution in [3.63, 3.8) is 0 Å². The van der Waals surface area contributed by atoms with Crippen LogP contribution in [0.2, 0.25) is 0 Å². The number of hydrogen-bond acceptors (Lipinski definition) is 11. The second kappa shape index (κ2) is 23.2. The number of benzene rings is 4. The lowest BCUT2D eigenvalue weighted by atomic mass is 10.1. The molecule has 56 heavy (non-hydrogen) atoms. The van der Waals surface area contributed by atoms with Crippen LogP contribution in [-0.2, 0) is 19.1 Å². The minimum Gasteiger partial charge on any atom is -0.494 e. The Morgan fingerprint density at radius 3 is 1.61 bits per heavy atom. The van der Waals surface area contributed by atoms with Crippen LogP contribution in [0.15, 0.2) is 138 Å². The van der Waals surface area contributed by atoms with Gasteiger partial charge in [0.1, 0.15) is 17.2 Å². The number of nitrogens with zero attached hydrogens (tertiary/aromatic N) is 3. The molecule has 0 spiro atoms. The van der Waals surface area contributed by atoms with Crippen molar-refractivity contribution in [2.24, 2.45) is 15.2 Å². The van der Waals surface area contributed by atoms with Crippen molar-refractivity contribution in [3.05, 3.63) is 145 Å². The first-order valence-corrected chi connectivity index (χ1v) is 18.4. The normalized spacial score (nSPS) is 11.5. The van der Waals surface area contributed by atoms with Gasteiger partial charge in [-0.1, -0.05) is 32.2 Å². The van der Waals surface area contributed by atoms with Crippen LogP contribution >= 0.6 is 0 Å². The Morgan fingerprint density at radius 2 is 1.07 bits per heavy atom. The summed E-state index contributed by atoms with van der Waals surface area (Å²) in [4.78, 5) is 39.5. The van der Waals surface area contributed by atoms with Crippen molar-refractivity contribution in [3.8, 4) is 17.2 Å². The summed E-state index contributed by atoms with van der Waals surface area (Å²) in [5, 5.41) is 9.02. The summed E-state index contributed by atoms with van der Waals surface area (Å²) in [6.07, 6.45) is 7.62. The van der Waals surface area contributed by atoms with Crippen molar-refractivity contribution in [1.82, 2.24) is 0 Å². The molecule has 0 amide bonds. The average Bonchev–Trinajstić information content (AvgIpc) is 3.23. The van der Waals surface area contributed by atoms with Gasteiger partial charge in [-0.25, -0.2) is 14.4 Å². The minimum absolute atomic E-state index is 0.313. The first-order valence-electron chi connectivity index (χ1n) is 18.4. The van der Waals surface area contributed by atoms with Gasteiger partial charge in [0.15, 0.2) is 0 Å². The highest BCUT2D eigenvalue weighted by Crippen LogP contribution is 2.19. The maximum atomic E-state index is 12.8. The van der Waals surface area contributed by atoms with E-state index in [1.54, 1.807) is 42.6 Å². The van der Waals surface area contributed by atoms with Gasteiger partial charge in [-0.3, -0.25) is 4.99 Å². The fourth-order valence-corrected chi connectivity index (χ4v) is 4.93. The molecule has 0 N–H and O–H groups in total. The van der Waals surface area contributed by atoms with Gasteiger partial charge < -0.3 is 23.7 Å². The third-order valence-electron chi connectivity index (χ3n) is 8.11. The maximum Gasteiger partial charge on any atom is 0.343 e. The maximum absolute atomic E-state index is 12.8. The second-order valence-corrected chi connectivity index (χ2v) is 12.3. The van der Waals surface area contributed by atoms with E-state index in [0.29, 0.717) is 62.8 Å². The largest absolute Gasteiger partial charge is 0.494 e. The molecule has 0 fully saturated rings. The van der Waals surface area contributed by atoms with Crippen LogP contribution in [0.4, 0.5) is 5.69 Å². The number of unbranched alkanes of at least 4 members (excludes halogenated alkanes) is 2. The van der Waals surface area contributed by atoms with Gasteiger partial charge in [-0.05, 0) is 141 Å². The summed E-state index contributed by atoms with van der Waals surface area (Å²) in [5.74, 6) is 0.468. The second-order valence-electron chi connectivity index (χ2n) is 12.3. The fraction of sp³-hybridized carbons (Fsp3) is 0.244. The zero-order chi connectivity index (χ0) is 40.0. The van der Waals surface area contributed by atoms with Crippen LogP contribution in [0.25, 0.3) is 0 Å². The predicted octanol–water partition coefficient (Wildman–Crippen LogP) is 9.06. The fourth-order valence-electron chi connectivity index (χ4n) is 4.93. The smallest absolute Gasteiger partial charge is 0.343 e. The summed E-state index contributed by atoms with van der Waals surface area (Å²) in [7, 11) is 0. The Kier molecular flexibility index (Phi) is 17.5. The molecular weight excluding hydrogens is 711 g/mol. The van der Waals surface area contributed by atoms with E-state index < -0.39 is 17.9 Å². The van der Waals surface area contributed by atoms with E-state index in [-0.39, 0.29) is 0 Å². The number of carbonyl (C=O) groups is 3. The zero-order valence-corrected chi connectivity index (χ0v) is 31.9. The predicted molar refractivity (Wildman–Crippen MR) is 219 cm³/mol. The van der Waals surface area contributed by atoms with Gasteiger partial charge in [-0.15, -0.1) is 0 Å². The molecule has 4 aromatic rings. The van der Waals surface area contributed by atoms with Crippen molar-refractivity contribution >= 4 is 41.2 Å². The Labute approximate surface area is 328 Å². The van der Waals surface area contributed by atoms with Crippen LogP contribution in [0.1, 0.15) is 73.0 Å². The van der Waals surface area contributed by atoms with E-state index in [4.69, 9.17) is 23.7 Å². The van der Waals surface area contributed by atoms with E-state index in [1.165, 1.54) is 0 Å². The molecule has 0 aromatic heterocycles. The molecule has 0 saturated carbocycles. The third-order valence-corrected chi connectivity index (χ3v) is 8.11. The van der Waals surface area contributed by atoms with E-state index in [2.05, 4.69) is 28.4 Å². The molecule has 0 heterocycles. The van der Waals surface area contributed by atoms with Crippen molar-refractivity contribution in [2.75, 3.05) is 26.4 Å². The van der Waals surface area contributed by atoms with E-state index in [9.17, 15) is 14.4 Å². The molecule has 0 unspecified atom stereocenters. The summed E-state index contributed by atoms with van der Waals surface area (Å²) in [5.41, 5.74) is 5.48. The van der Waals surface area contributed by atoms with E-state index in [1.807, 2.05) is 74.5 Å². The summed E-state index contributed by atoms with van der Waals surface area (Å²) in [6, 6.07) is 29.4. The average molecular weight is 758 g/mol.